The second-order valence-electron chi connectivity index (χ2n) is 2.63. The predicted octanol–water partition coefficient (Wildman–Crippen LogP) is 3.81. The van der Waals surface area contributed by atoms with E-state index in [2.05, 4.69) is 4.74 Å². The van der Waals surface area contributed by atoms with E-state index in [9.17, 15) is 18.0 Å². The van der Waals surface area contributed by atoms with Gasteiger partial charge < -0.3 is 4.74 Å². The summed E-state index contributed by atoms with van der Waals surface area (Å²) in [5.41, 5.74) is 0.347. The predicted molar refractivity (Wildman–Crippen MR) is 54.5 cm³/mol. The molecule has 16 heavy (non-hydrogen) atoms. The summed E-state index contributed by atoms with van der Waals surface area (Å²) in [4.78, 5) is 10.8. The van der Waals surface area contributed by atoms with E-state index in [1.165, 1.54) is 19.1 Å². The van der Waals surface area contributed by atoms with E-state index in [4.69, 9.17) is 0 Å². The first-order chi connectivity index (χ1) is 7.38. The second kappa shape index (κ2) is 6.15. The fourth-order valence-electron chi connectivity index (χ4n) is 0.891. The van der Waals surface area contributed by atoms with E-state index < -0.39 is 6.36 Å². The van der Waals surface area contributed by atoms with Crippen molar-refractivity contribution in [1.82, 2.24) is 0 Å². The van der Waals surface area contributed by atoms with Crippen LogP contribution in [0.4, 0.5) is 13.2 Å². The average molecular weight is 234 g/mol. The van der Waals surface area contributed by atoms with Gasteiger partial charge in [-0.3, -0.25) is 4.79 Å². The summed E-state index contributed by atoms with van der Waals surface area (Å²) in [5, 5.41) is 0. The number of Topliss-reactive ketones (excluding diaryl/α,β-unsaturated/α-hetero) is 1. The Bertz CT molecular complexity index is 328. The maximum atomic E-state index is 11.7. The fourth-order valence-corrected chi connectivity index (χ4v) is 0.891. The van der Waals surface area contributed by atoms with Crippen LogP contribution in [-0.2, 0) is 0 Å². The molecule has 0 aromatic heterocycles. The van der Waals surface area contributed by atoms with Gasteiger partial charge in [0.15, 0.2) is 5.78 Å². The maximum absolute atomic E-state index is 11.7. The zero-order valence-corrected chi connectivity index (χ0v) is 9.26. The molecule has 5 heteroatoms. The number of rotatable bonds is 2. The van der Waals surface area contributed by atoms with Gasteiger partial charge >= 0.3 is 6.36 Å². The number of ether oxygens (including phenoxy) is 1. The van der Waals surface area contributed by atoms with Gasteiger partial charge in [-0.25, -0.2) is 0 Å². The molecule has 2 nitrogen and oxygen atoms in total. The van der Waals surface area contributed by atoms with Crippen LogP contribution >= 0.6 is 0 Å². The van der Waals surface area contributed by atoms with Crippen LogP contribution < -0.4 is 4.74 Å². The van der Waals surface area contributed by atoms with E-state index in [0.29, 0.717) is 5.56 Å². The number of ketones is 1. The van der Waals surface area contributed by atoms with E-state index >= 15 is 0 Å². The third-order valence-electron chi connectivity index (χ3n) is 1.49. The Morgan fingerprint density at radius 1 is 1.12 bits per heavy atom. The minimum atomic E-state index is -4.70. The van der Waals surface area contributed by atoms with Crippen LogP contribution in [0.5, 0.6) is 5.75 Å². The van der Waals surface area contributed by atoms with Gasteiger partial charge in [-0.2, -0.15) is 0 Å². The molecule has 0 saturated carbocycles. The molecule has 0 unspecified atom stereocenters. The molecule has 0 radical (unpaired) electrons. The highest BCUT2D eigenvalue weighted by atomic mass is 19.4. The highest BCUT2D eigenvalue weighted by Crippen LogP contribution is 2.22. The molecular formula is C11H13F3O2. The van der Waals surface area contributed by atoms with Crippen LogP contribution in [0.15, 0.2) is 24.3 Å². The Labute approximate surface area is 92.0 Å². The lowest BCUT2D eigenvalue weighted by Crippen LogP contribution is -2.17. The van der Waals surface area contributed by atoms with Crippen LogP contribution in [0.3, 0.4) is 0 Å². The van der Waals surface area contributed by atoms with Crippen LogP contribution in [0.25, 0.3) is 0 Å². The van der Waals surface area contributed by atoms with Crippen molar-refractivity contribution in [1.29, 1.82) is 0 Å². The molecule has 0 fully saturated rings. The quantitative estimate of drug-likeness (QED) is 0.727. The Hall–Kier alpha value is -1.52. The smallest absolute Gasteiger partial charge is 0.406 e. The first kappa shape index (κ1) is 14.5. The number of hydrogen-bond donors (Lipinski definition) is 0. The van der Waals surface area contributed by atoms with Gasteiger partial charge in [0.25, 0.3) is 0 Å². The van der Waals surface area contributed by atoms with E-state index in [1.54, 1.807) is 0 Å². The summed E-state index contributed by atoms with van der Waals surface area (Å²) in [5.74, 6) is -0.536. The summed E-state index contributed by atoms with van der Waals surface area (Å²) >= 11 is 0. The van der Waals surface area contributed by atoms with E-state index in [1.807, 2.05) is 13.8 Å². The summed E-state index contributed by atoms with van der Waals surface area (Å²) in [6.45, 7) is 5.33. The lowest BCUT2D eigenvalue weighted by Gasteiger charge is -2.08. The van der Waals surface area contributed by atoms with Crippen LogP contribution in [-0.4, -0.2) is 12.1 Å². The van der Waals surface area contributed by atoms with Crippen LogP contribution in [0.2, 0.25) is 0 Å². The van der Waals surface area contributed by atoms with Gasteiger partial charge in [0.05, 0.1) is 0 Å². The number of benzene rings is 1. The molecule has 0 heterocycles. The summed E-state index contributed by atoms with van der Waals surface area (Å²) in [7, 11) is 0. The average Bonchev–Trinajstić information content (AvgIpc) is 2.19. The lowest BCUT2D eigenvalue weighted by atomic mass is 10.1. The van der Waals surface area contributed by atoms with Crippen molar-refractivity contribution in [2.24, 2.45) is 0 Å². The molecule has 0 atom stereocenters. The van der Waals surface area contributed by atoms with E-state index in [0.717, 1.165) is 12.1 Å². The number of carbonyl (C=O) groups is 1. The minimum Gasteiger partial charge on any atom is -0.406 e. The van der Waals surface area contributed by atoms with Gasteiger partial charge in [0.2, 0.25) is 0 Å². The minimum absolute atomic E-state index is 0.205. The zero-order chi connectivity index (χ0) is 12.8. The lowest BCUT2D eigenvalue weighted by molar-refractivity contribution is -0.274. The van der Waals surface area contributed by atoms with Crippen LogP contribution in [0.1, 0.15) is 31.1 Å². The topological polar surface area (TPSA) is 26.3 Å². The normalized spacial score (nSPS) is 10.1. The SMILES string of the molecule is CC.CC(=O)c1ccc(OC(F)(F)F)cc1. The molecule has 0 amide bonds. The molecule has 1 aromatic carbocycles. The van der Waals surface area contributed by atoms with Crippen molar-refractivity contribution in [3.63, 3.8) is 0 Å². The number of carbonyl (C=O) groups excluding carboxylic acids is 1. The summed E-state index contributed by atoms with van der Waals surface area (Å²) in [6, 6.07) is 4.77. The number of hydrogen-bond acceptors (Lipinski definition) is 2. The molecule has 1 rings (SSSR count). The molecule has 1 aromatic rings. The molecule has 0 spiro atoms. The van der Waals surface area contributed by atoms with Gasteiger partial charge in [-0.1, -0.05) is 13.8 Å². The second-order valence-corrected chi connectivity index (χ2v) is 2.63. The summed E-state index contributed by atoms with van der Waals surface area (Å²) < 4.78 is 38.8. The summed E-state index contributed by atoms with van der Waals surface area (Å²) in [6.07, 6.45) is -4.70. The Morgan fingerprint density at radius 2 is 1.56 bits per heavy atom. The molecule has 0 saturated heterocycles. The third kappa shape index (κ3) is 5.38. The van der Waals surface area contributed by atoms with Crippen molar-refractivity contribution in [3.05, 3.63) is 29.8 Å². The molecule has 0 aliphatic heterocycles. The first-order valence-electron chi connectivity index (χ1n) is 4.75. The van der Waals surface area contributed by atoms with Crippen molar-refractivity contribution in [2.45, 2.75) is 27.1 Å². The third-order valence-corrected chi connectivity index (χ3v) is 1.49. The molecule has 0 aliphatic carbocycles. The van der Waals surface area contributed by atoms with Crippen molar-refractivity contribution in [3.8, 4) is 5.75 Å². The highest BCUT2D eigenvalue weighted by Gasteiger charge is 2.30. The van der Waals surface area contributed by atoms with Gasteiger partial charge in [-0.05, 0) is 31.2 Å². The Kier molecular flexibility index (Phi) is 5.56. The molecule has 0 N–H and O–H groups in total. The zero-order valence-electron chi connectivity index (χ0n) is 9.26. The fraction of sp³-hybridized carbons (Fsp3) is 0.364. The Balaban J connectivity index is 0.00000106. The van der Waals surface area contributed by atoms with Gasteiger partial charge in [0, 0.05) is 5.56 Å². The first-order valence-corrected chi connectivity index (χ1v) is 4.75. The van der Waals surface area contributed by atoms with E-state index in [-0.39, 0.29) is 11.5 Å². The Morgan fingerprint density at radius 3 is 1.88 bits per heavy atom. The molecular weight excluding hydrogens is 221 g/mol. The highest BCUT2D eigenvalue weighted by molar-refractivity contribution is 5.94. The van der Waals surface area contributed by atoms with Crippen molar-refractivity contribution in [2.75, 3.05) is 0 Å². The molecule has 0 bridgehead atoms. The monoisotopic (exact) mass is 234 g/mol. The van der Waals surface area contributed by atoms with Crippen LogP contribution in [0, 0.1) is 0 Å². The van der Waals surface area contributed by atoms with Crippen molar-refractivity contribution >= 4 is 5.78 Å². The van der Waals surface area contributed by atoms with Gasteiger partial charge in [-0.15, -0.1) is 13.2 Å². The largest absolute Gasteiger partial charge is 0.573 e. The number of alkyl halides is 3. The van der Waals surface area contributed by atoms with Gasteiger partial charge in [0.1, 0.15) is 5.75 Å². The molecule has 90 valence electrons. The van der Waals surface area contributed by atoms with Crippen molar-refractivity contribution < 1.29 is 22.7 Å². The molecule has 0 aliphatic rings. The maximum Gasteiger partial charge on any atom is 0.573 e. The standard InChI is InChI=1S/C9H7F3O2.C2H6/c1-6(13)7-2-4-8(5-3-7)14-9(10,11)12;1-2/h2-5H,1H3;1-2H3. The number of halogens is 3.